The first-order chi connectivity index (χ1) is 4.72. The van der Waals surface area contributed by atoms with Gasteiger partial charge in [-0.2, -0.15) is 0 Å². The van der Waals surface area contributed by atoms with Crippen LogP contribution in [0.25, 0.3) is 0 Å². The second-order valence-corrected chi connectivity index (χ2v) is 2.02. The third kappa shape index (κ3) is 4.24. The van der Waals surface area contributed by atoms with Crippen molar-refractivity contribution in [2.24, 2.45) is 0 Å². The number of hydrogen-bond donors (Lipinski definition) is 1. The van der Waals surface area contributed by atoms with E-state index in [-0.39, 0.29) is 22.7 Å². The lowest BCUT2D eigenvalue weighted by Crippen LogP contribution is -2.32. The van der Waals surface area contributed by atoms with Crippen molar-refractivity contribution in [3.63, 3.8) is 0 Å². The molecule has 0 bridgehead atoms. The van der Waals surface area contributed by atoms with Gasteiger partial charge in [0, 0.05) is 0 Å². The summed E-state index contributed by atoms with van der Waals surface area (Å²) in [5.41, 5.74) is 0. The van der Waals surface area contributed by atoms with E-state index in [9.17, 15) is 9.32 Å². The number of hydrogen-bond acceptors (Lipinski definition) is 5. The molecule has 7 heteroatoms. The zero-order valence-electron chi connectivity index (χ0n) is 4.99. The monoisotopic (exact) mass is 192 g/mol. The van der Waals surface area contributed by atoms with Crippen molar-refractivity contribution >= 4 is 0 Å². The maximum atomic E-state index is 9.65. The van der Waals surface area contributed by atoms with Crippen LogP contribution in [0, 0.1) is 22.7 Å². The first-order valence-electron chi connectivity index (χ1n) is 2.26. The van der Waals surface area contributed by atoms with Gasteiger partial charge in [-0.15, -0.1) is 0 Å². The van der Waals surface area contributed by atoms with Crippen molar-refractivity contribution in [2.75, 3.05) is 0 Å². The molecule has 1 N–H and O–H groups in total. The van der Waals surface area contributed by atoms with Crippen molar-refractivity contribution in [3.8, 4) is 0 Å². The zero-order chi connectivity index (χ0) is 7.98. The Bertz CT molecular complexity index is 73.3. The van der Waals surface area contributed by atoms with Gasteiger partial charge < -0.3 is 14.4 Å². The van der Waals surface area contributed by atoms with Crippen LogP contribution in [0.2, 0.25) is 0 Å². The van der Waals surface area contributed by atoms with Crippen LogP contribution in [0.1, 0.15) is 6.92 Å². The molecule has 0 radical (unpaired) electrons. The predicted octanol–water partition coefficient (Wildman–Crippen LogP) is -2.72. The summed E-state index contributed by atoms with van der Waals surface area (Å²) in [6.07, 6.45) is -2.24. The largest absolute Gasteiger partial charge is 0.506 e. The van der Waals surface area contributed by atoms with Gasteiger partial charge in [-0.1, -0.05) is 8.58 Å². The fourth-order valence-corrected chi connectivity index (χ4v) is 0.785. The van der Waals surface area contributed by atoms with Gasteiger partial charge in [0.25, 0.3) is 0 Å². The SMILES string of the molecule is CC(O)C(O[Cl+][O-])O[Cl+][O-]. The summed E-state index contributed by atoms with van der Waals surface area (Å²) in [4.78, 5) is 0. The first kappa shape index (κ1) is 10.4. The van der Waals surface area contributed by atoms with E-state index >= 15 is 0 Å². The number of rotatable bonds is 5. The molecular weight excluding hydrogens is 187 g/mol. The minimum absolute atomic E-state index is 0.201. The van der Waals surface area contributed by atoms with Crippen LogP contribution in [0.3, 0.4) is 0 Å². The van der Waals surface area contributed by atoms with Gasteiger partial charge in [0.1, 0.15) is 6.10 Å². The highest BCUT2D eigenvalue weighted by Gasteiger charge is 2.26. The number of aliphatic hydroxyl groups is 1. The Balaban J connectivity index is 3.50. The Morgan fingerprint density at radius 1 is 1.30 bits per heavy atom. The number of aliphatic hydroxyl groups excluding tert-OH is 1. The summed E-state index contributed by atoms with van der Waals surface area (Å²) in [6.45, 7) is 1.33. The fraction of sp³-hybridized carbons (Fsp3) is 1.00. The summed E-state index contributed by atoms with van der Waals surface area (Å²) in [5.74, 6) is 0. The molecule has 10 heavy (non-hydrogen) atoms. The van der Waals surface area contributed by atoms with E-state index in [1.807, 2.05) is 0 Å². The second kappa shape index (κ2) is 6.11. The molecule has 0 amide bonds. The van der Waals surface area contributed by atoms with E-state index in [0.29, 0.717) is 0 Å². The van der Waals surface area contributed by atoms with Crippen LogP contribution < -0.4 is 9.32 Å². The zero-order valence-corrected chi connectivity index (χ0v) is 6.50. The van der Waals surface area contributed by atoms with E-state index in [1.54, 1.807) is 0 Å². The molecule has 0 aliphatic carbocycles. The normalized spacial score (nSPS) is 14.1. The molecule has 0 spiro atoms. The quantitative estimate of drug-likeness (QED) is 0.479. The maximum Gasteiger partial charge on any atom is 0.333 e. The molecule has 0 aromatic carbocycles. The van der Waals surface area contributed by atoms with Crippen LogP contribution in [0.15, 0.2) is 0 Å². The van der Waals surface area contributed by atoms with Crippen LogP contribution in [0.5, 0.6) is 0 Å². The Hall–Kier alpha value is 0.380. The Labute approximate surface area is 65.7 Å². The Kier molecular flexibility index (Phi) is 6.35. The molecule has 0 aromatic heterocycles. The highest BCUT2D eigenvalue weighted by Crippen LogP contribution is 1.99. The van der Waals surface area contributed by atoms with Crippen molar-refractivity contribution in [1.82, 2.24) is 0 Å². The summed E-state index contributed by atoms with van der Waals surface area (Å²) in [6, 6.07) is 0. The van der Waals surface area contributed by atoms with E-state index in [1.165, 1.54) is 6.92 Å². The predicted molar refractivity (Wildman–Crippen MR) is 17.6 cm³/mol. The molecule has 0 heterocycles. The Morgan fingerprint density at radius 3 is 1.90 bits per heavy atom. The molecule has 1 unspecified atom stereocenters. The van der Waals surface area contributed by atoms with Crippen LogP contribution >= 0.6 is 0 Å². The summed E-state index contributed by atoms with van der Waals surface area (Å²) < 4.78 is 27.6. The average molecular weight is 193 g/mol. The summed E-state index contributed by atoms with van der Waals surface area (Å²) >= 11 is 0.401. The second-order valence-electron chi connectivity index (χ2n) is 1.41. The topological polar surface area (TPSA) is 84.8 Å². The molecule has 0 saturated carbocycles. The van der Waals surface area contributed by atoms with Gasteiger partial charge in [0.15, 0.2) is 0 Å². The van der Waals surface area contributed by atoms with E-state index < -0.39 is 12.4 Å². The minimum atomic E-state index is -1.21. The third-order valence-corrected chi connectivity index (χ3v) is 1.14. The highest BCUT2D eigenvalue weighted by atomic mass is 35.6. The lowest BCUT2D eigenvalue weighted by atomic mass is 10.4. The van der Waals surface area contributed by atoms with Crippen molar-refractivity contribution < 1.29 is 45.7 Å². The van der Waals surface area contributed by atoms with E-state index in [0.717, 1.165) is 0 Å². The molecule has 0 saturated heterocycles. The summed E-state index contributed by atoms with van der Waals surface area (Å²) in [7, 11) is 0. The first-order valence-corrected chi connectivity index (χ1v) is 3.49. The lowest BCUT2D eigenvalue weighted by molar-refractivity contribution is -1.30. The molecule has 0 aromatic rings. The van der Waals surface area contributed by atoms with E-state index in [4.69, 9.17) is 5.11 Å². The van der Waals surface area contributed by atoms with E-state index in [2.05, 4.69) is 8.58 Å². The maximum absolute atomic E-state index is 9.65. The highest BCUT2D eigenvalue weighted by molar-refractivity contribution is 4.45. The average Bonchev–Trinajstić information content (AvgIpc) is 1.87. The van der Waals surface area contributed by atoms with Crippen molar-refractivity contribution in [2.45, 2.75) is 19.3 Å². The molecule has 0 aliphatic heterocycles. The van der Waals surface area contributed by atoms with Gasteiger partial charge in [-0.25, -0.2) is 0 Å². The van der Waals surface area contributed by atoms with Crippen molar-refractivity contribution in [1.29, 1.82) is 0 Å². The lowest BCUT2D eigenvalue weighted by Gasteiger charge is -2.05. The van der Waals surface area contributed by atoms with Crippen LogP contribution in [-0.2, 0) is 8.58 Å². The van der Waals surface area contributed by atoms with Gasteiger partial charge in [0.05, 0.1) is 0 Å². The standard InChI is InChI=1S/C3H6Cl2O5/c1-2(6)3(9-4-7)10-5-8/h2-3,6H,1H3. The molecule has 5 nitrogen and oxygen atoms in total. The van der Waals surface area contributed by atoms with Gasteiger partial charge >= 0.3 is 28.9 Å². The molecular formula is C3H6Cl2O5. The van der Waals surface area contributed by atoms with Crippen LogP contribution in [-0.4, -0.2) is 17.5 Å². The summed E-state index contributed by atoms with van der Waals surface area (Å²) in [5, 5.41) is 8.70. The third-order valence-electron chi connectivity index (χ3n) is 0.642. The van der Waals surface area contributed by atoms with Gasteiger partial charge in [-0.05, 0) is 6.92 Å². The number of halogens is 2. The molecule has 1 atom stereocenters. The van der Waals surface area contributed by atoms with Gasteiger partial charge in [0.2, 0.25) is 0 Å². The molecule has 62 valence electrons. The minimum Gasteiger partial charge on any atom is -0.506 e. The fourth-order valence-electron chi connectivity index (χ4n) is 0.234. The molecule has 0 aliphatic rings. The van der Waals surface area contributed by atoms with Crippen LogP contribution in [0.4, 0.5) is 0 Å². The molecule has 0 rings (SSSR count). The smallest absolute Gasteiger partial charge is 0.333 e. The Morgan fingerprint density at radius 2 is 1.70 bits per heavy atom. The van der Waals surface area contributed by atoms with Crippen molar-refractivity contribution in [3.05, 3.63) is 0 Å². The van der Waals surface area contributed by atoms with Gasteiger partial charge in [-0.3, -0.25) is 0 Å². The molecule has 0 fully saturated rings.